The van der Waals surface area contributed by atoms with Gasteiger partial charge < -0.3 is 14.5 Å². The molecule has 0 atom stereocenters. The van der Waals surface area contributed by atoms with Crippen LogP contribution in [-0.4, -0.2) is 78.9 Å². The van der Waals surface area contributed by atoms with E-state index in [-0.39, 0.29) is 0 Å². The van der Waals surface area contributed by atoms with Crippen molar-refractivity contribution >= 4 is 11.8 Å². The molecule has 0 amide bonds. The topological polar surface area (TPSA) is 57.6 Å². The SMILES string of the molecule is Cc1cccc(CCN2CCN(c3cc(C)nc(N4CCOCC4)n3)CC2)n1. The number of anilines is 2. The first-order chi connectivity index (χ1) is 13.7. The molecule has 150 valence electrons. The monoisotopic (exact) mass is 382 g/mol. The molecule has 0 N–H and O–H groups in total. The highest BCUT2D eigenvalue weighted by Crippen LogP contribution is 2.20. The number of aromatic nitrogens is 3. The molecule has 7 nitrogen and oxygen atoms in total. The van der Waals surface area contributed by atoms with Gasteiger partial charge in [0.2, 0.25) is 5.95 Å². The minimum atomic E-state index is 0.751. The van der Waals surface area contributed by atoms with Crippen LogP contribution in [0.3, 0.4) is 0 Å². The van der Waals surface area contributed by atoms with E-state index in [0.29, 0.717) is 0 Å². The minimum Gasteiger partial charge on any atom is -0.378 e. The van der Waals surface area contributed by atoms with Gasteiger partial charge in [-0.25, -0.2) is 4.98 Å². The average Bonchev–Trinajstić information content (AvgIpc) is 2.73. The number of morpholine rings is 1. The first kappa shape index (κ1) is 19.1. The van der Waals surface area contributed by atoms with Crippen LogP contribution >= 0.6 is 0 Å². The molecule has 4 rings (SSSR count). The molecule has 0 unspecified atom stereocenters. The summed E-state index contributed by atoms with van der Waals surface area (Å²) < 4.78 is 5.45. The summed E-state index contributed by atoms with van der Waals surface area (Å²) in [7, 11) is 0. The zero-order valence-electron chi connectivity index (χ0n) is 17.0. The summed E-state index contributed by atoms with van der Waals surface area (Å²) in [5, 5.41) is 0. The lowest BCUT2D eigenvalue weighted by molar-refractivity contribution is 0.122. The molecular formula is C21H30N6O. The number of piperazine rings is 1. The molecule has 2 aliphatic rings. The van der Waals surface area contributed by atoms with Crippen LogP contribution in [0.25, 0.3) is 0 Å². The lowest BCUT2D eigenvalue weighted by Gasteiger charge is -2.36. The number of hydrogen-bond donors (Lipinski definition) is 0. The van der Waals surface area contributed by atoms with Gasteiger partial charge in [0.15, 0.2) is 0 Å². The zero-order valence-corrected chi connectivity index (χ0v) is 17.0. The largest absolute Gasteiger partial charge is 0.378 e. The van der Waals surface area contributed by atoms with Crippen LogP contribution in [0.2, 0.25) is 0 Å². The second-order valence-corrected chi connectivity index (χ2v) is 7.62. The Morgan fingerprint density at radius 2 is 1.64 bits per heavy atom. The van der Waals surface area contributed by atoms with E-state index in [0.717, 1.165) is 88.6 Å². The molecule has 2 aliphatic heterocycles. The lowest BCUT2D eigenvalue weighted by Crippen LogP contribution is -2.47. The number of hydrogen-bond acceptors (Lipinski definition) is 7. The standard InChI is InChI=1S/C21H30N6O/c1-17-4-3-5-19(22-17)6-7-25-8-10-26(11-9-25)20-16-18(2)23-21(24-20)27-12-14-28-15-13-27/h3-5,16H,6-15H2,1-2H3. The summed E-state index contributed by atoms with van der Waals surface area (Å²) >= 11 is 0. The van der Waals surface area contributed by atoms with E-state index in [1.165, 1.54) is 5.69 Å². The second kappa shape index (κ2) is 8.84. The third kappa shape index (κ3) is 4.77. The zero-order chi connectivity index (χ0) is 19.3. The van der Waals surface area contributed by atoms with Crippen molar-refractivity contribution in [1.82, 2.24) is 19.9 Å². The van der Waals surface area contributed by atoms with E-state index < -0.39 is 0 Å². The van der Waals surface area contributed by atoms with Crippen molar-refractivity contribution in [2.75, 3.05) is 68.8 Å². The molecule has 0 radical (unpaired) electrons. The van der Waals surface area contributed by atoms with Gasteiger partial charge in [-0.1, -0.05) is 6.07 Å². The van der Waals surface area contributed by atoms with Gasteiger partial charge in [-0.05, 0) is 26.0 Å². The number of ether oxygens (including phenoxy) is 1. The van der Waals surface area contributed by atoms with Crippen molar-refractivity contribution in [1.29, 1.82) is 0 Å². The van der Waals surface area contributed by atoms with Gasteiger partial charge in [0, 0.05) is 75.4 Å². The van der Waals surface area contributed by atoms with Gasteiger partial charge in [0.25, 0.3) is 0 Å². The van der Waals surface area contributed by atoms with Crippen LogP contribution in [0, 0.1) is 13.8 Å². The highest BCUT2D eigenvalue weighted by molar-refractivity contribution is 5.46. The van der Waals surface area contributed by atoms with E-state index in [9.17, 15) is 0 Å². The fraction of sp³-hybridized carbons (Fsp3) is 0.571. The maximum absolute atomic E-state index is 5.45. The normalized spacial score (nSPS) is 18.5. The van der Waals surface area contributed by atoms with Crippen LogP contribution in [0.15, 0.2) is 24.3 Å². The van der Waals surface area contributed by atoms with E-state index in [1.54, 1.807) is 0 Å². The first-order valence-electron chi connectivity index (χ1n) is 10.3. The Morgan fingerprint density at radius 3 is 2.39 bits per heavy atom. The van der Waals surface area contributed by atoms with E-state index in [1.807, 2.05) is 0 Å². The third-order valence-corrected chi connectivity index (χ3v) is 5.45. The van der Waals surface area contributed by atoms with Crippen molar-refractivity contribution < 1.29 is 4.74 Å². The van der Waals surface area contributed by atoms with E-state index >= 15 is 0 Å². The molecular weight excluding hydrogens is 352 g/mol. The molecule has 2 saturated heterocycles. The van der Waals surface area contributed by atoms with Crippen molar-refractivity contribution in [3.8, 4) is 0 Å². The Balaban J connectivity index is 1.33. The summed E-state index contributed by atoms with van der Waals surface area (Å²) in [5.41, 5.74) is 3.31. The molecule has 0 saturated carbocycles. The predicted octanol–water partition coefficient (Wildman–Crippen LogP) is 1.69. The van der Waals surface area contributed by atoms with Gasteiger partial charge in [0.05, 0.1) is 13.2 Å². The molecule has 2 aromatic heterocycles. The fourth-order valence-corrected chi connectivity index (χ4v) is 3.82. The number of pyridine rings is 1. The van der Waals surface area contributed by atoms with Crippen molar-refractivity contribution in [3.63, 3.8) is 0 Å². The average molecular weight is 383 g/mol. The van der Waals surface area contributed by atoms with Gasteiger partial charge in [-0.2, -0.15) is 4.98 Å². The molecule has 0 aromatic carbocycles. The number of aryl methyl sites for hydroxylation is 2. The first-order valence-corrected chi connectivity index (χ1v) is 10.3. The maximum atomic E-state index is 5.45. The molecule has 2 fully saturated rings. The molecule has 0 bridgehead atoms. The number of nitrogens with zero attached hydrogens (tertiary/aromatic N) is 6. The summed E-state index contributed by atoms with van der Waals surface area (Å²) in [5.74, 6) is 1.89. The Kier molecular flexibility index (Phi) is 6.02. The van der Waals surface area contributed by atoms with E-state index in [2.05, 4.69) is 62.8 Å². The maximum Gasteiger partial charge on any atom is 0.227 e. The van der Waals surface area contributed by atoms with Crippen LogP contribution in [0.1, 0.15) is 17.1 Å². The Bertz CT molecular complexity index is 784. The summed E-state index contributed by atoms with van der Waals surface area (Å²) in [4.78, 5) is 21.3. The van der Waals surface area contributed by atoms with Crippen LogP contribution < -0.4 is 9.80 Å². The molecule has 0 aliphatic carbocycles. The van der Waals surface area contributed by atoms with Crippen molar-refractivity contribution in [3.05, 3.63) is 41.3 Å². The van der Waals surface area contributed by atoms with Crippen LogP contribution in [-0.2, 0) is 11.2 Å². The summed E-state index contributed by atoms with van der Waals surface area (Å²) in [6.07, 6.45) is 1.01. The van der Waals surface area contributed by atoms with E-state index in [4.69, 9.17) is 9.72 Å². The Labute approximate surface area is 167 Å². The Morgan fingerprint density at radius 1 is 0.857 bits per heavy atom. The summed E-state index contributed by atoms with van der Waals surface area (Å²) in [6, 6.07) is 8.38. The highest BCUT2D eigenvalue weighted by Gasteiger charge is 2.21. The smallest absolute Gasteiger partial charge is 0.227 e. The molecule has 7 heteroatoms. The molecule has 0 spiro atoms. The molecule has 2 aromatic rings. The van der Waals surface area contributed by atoms with Crippen molar-refractivity contribution in [2.24, 2.45) is 0 Å². The minimum absolute atomic E-state index is 0.751. The second-order valence-electron chi connectivity index (χ2n) is 7.62. The van der Waals surface area contributed by atoms with Crippen molar-refractivity contribution in [2.45, 2.75) is 20.3 Å². The van der Waals surface area contributed by atoms with Gasteiger partial charge in [-0.3, -0.25) is 9.88 Å². The molecule has 28 heavy (non-hydrogen) atoms. The quantitative estimate of drug-likeness (QED) is 0.780. The summed E-state index contributed by atoms with van der Waals surface area (Å²) in [6.45, 7) is 12.5. The highest BCUT2D eigenvalue weighted by atomic mass is 16.5. The number of rotatable bonds is 5. The van der Waals surface area contributed by atoms with Gasteiger partial charge >= 0.3 is 0 Å². The predicted molar refractivity (Wildman–Crippen MR) is 111 cm³/mol. The van der Waals surface area contributed by atoms with Gasteiger partial charge in [0.1, 0.15) is 5.82 Å². The molecule has 4 heterocycles. The lowest BCUT2D eigenvalue weighted by atomic mass is 10.2. The fourth-order valence-electron chi connectivity index (χ4n) is 3.82. The third-order valence-electron chi connectivity index (χ3n) is 5.45. The Hall–Kier alpha value is -2.25. The van der Waals surface area contributed by atoms with Crippen LogP contribution in [0.5, 0.6) is 0 Å². The van der Waals surface area contributed by atoms with Crippen LogP contribution in [0.4, 0.5) is 11.8 Å². The van der Waals surface area contributed by atoms with Gasteiger partial charge in [-0.15, -0.1) is 0 Å².